The van der Waals surface area contributed by atoms with Gasteiger partial charge in [-0.15, -0.1) is 11.3 Å². The highest BCUT2D eigenvalue weighted by Gasteiger charge is 2.26. The minimum atomic E-state index is -0.370. The highest BCUT2D eigenvalue weighted by molar-refractivity contribution is 8.00. The second-order valence-corrected chi connectivity index (χ2v) is 11.1. The molecule has 0 radical (unpaired) electrons. The van der Waals surface area contributed by atoms with Crippen LogP contribution in [0.15, 0.2) is 40.3 Å². The number of hydrogen-bond acceptors (Lipinski definition) is 6. The van der Waals surface area contributed by atoms with Crippen molar-refractivity contribution in [1.82, 2.24) is 14.5 Å². The second-order valence-electron chi connectivity index (χ2n) is 8.56. The van der Waals surface area contributed by atoms with Crippen molar-refractivity contribution in [2.24, 2.45) is 0 Å². The molecule has 1 amide bonds. The number of aryl methyl sites for hydroxylation is 2. The molecule has 1 aliphatic rings. The number of carbonyl (C=O) groups excluding carboxylic acids is 1. The van der Waals surface area contributed by atoms with Gasteiger partial charge in [-0.05, 0) is 44.2 Å². The molecule has 2 aromatic heterocycles. The molecule has 3 aromatic rings. The summed E-state index contributed by atoms with van der Waals surface area (Å²) in [5.41, 5.74) is 2.15. The number of benzene rings is 1. The van der Waals surface area contributed by atoms with Gasteiger partial charge in [-0.2, -0.15) is 0 Å². The van der Waals surface area contributed by atoms with E-state index < -0.39 is 0 Å². The Morgan fingerprint density at radius 3 is 2.79 bits per heavy atom. The third kappa shape index (κ3) is 5.18. The summed E-state index contributed by atoms with van der Waals surface area (Å²) in [6, 6.07) is 9.95. The van der Waals surface area contributed by atoms with Crippen LogP contribution in [0, 0.1) is 6.92 Å². The van der Waals surface area contributed by atoms with Gasteiger partial charge in [0.1, 0.15) is 4.83 Å². The minimum absolute atomic E-state index is 0.0119. The van der Waals surface area contributed by atoms with E-state index in [4.69, 9.17) is 9.72 Å². The SMILES string of the molecule is CCc1c(C)sc2nc(SC(C)C(=O)N(C)Cc3ccccc3)n(CC3CCCO3)c(=O)c12. The molecule has 33 heavy (non-hydrogen) atoms. The molecular weight excluding hydrogens is 454 g/mol. The van der Waals surface area contributed by atoms with Crippen LogP contribution < -0.4 is 5.56 Å². The fraction of sp³-hybridized carbons (Fsp3) is 0.480. The molecule has 4 rings (SSSR count). The molecule has 0 spiro atoms. The predicted molar refractivity (Wildman–Crippen MR) is 135 cm³/mol. The van der Waals surface area contributed by atoms with E-state index in [0.717, 1.165) is 52.1 Å². The second kappa shape index (κ2) is 10.4. The lowest BCUT2D eigenvalue weighted by molar-refractivity contribution is -0.129. The van der Waals surface area contributed by atoms with Crippen molar-refractivity contribution < 1.29 is 9.53 Å². The van der Waals surface area contributed by atoms with Crippen molar-refractivity contribution >= 4 is 39.2 Å². The first-order chi connectivity index (χ1) is 15.9. The molecule has 176 valence electrons. The average molecular weight is 486 g/mol. The molecule has 3 heterocycles. The van der Waals surface area contributed by atoms with Gasteiger partial charge in [0.05, 0.1) is 23.3 Å². The van der Waals surface area contributed by atoms with Crippen molar-refractivity contribution in [2.75, 3.05) is 13.7 Å². The number of amides is 1. The van der Waals surface area contributed by atoms with Gasteiger partial charge in [0.15, 0.2) is 5.16 Å². The summed E-state index contributed by atoms with van der Waals surface area (Å²) in [5.74, 6) is 0.0125. The average Bonchev–Trinajstić information content (AvgIpc) is 3.43. The Morgan fingerprint density at radius 1 is 1.36 bits per heavy atom. The third-order valence-corrected chi connectivity index (χ3v) is 8.23. The number of aromatic nitrogens is 2. The van der Waals surface area contributed by atoms with Crippen LogP contribution >= 0.6 is 23.1 Å². The van der Waals surface area contributed by atoms with E-state index in [0.29, 0.717) is 18.2 Å². The minimum Gasteiger partial charge on any atom is -0.376 e. The van der Waals surface area contributed by atoms with Gasteiger partial charge in [-0.25, -0.2) is 4.98 Å². The zero-order valence-corrected chi connectivity index (χ0v) is 21.3. The van der Waals surface area contributed by atoms with Crippen LogP contribution in [0.2, 0.25) is 0 Å². The molecule has 0 N–H and O–H groups in total. The number of hydrogen-bond donors (Lipinski definition) is 0. The Kier molecular flexibility index (Phi) is 7.56. The van der Waals surface area contributed by atoms with E-state index in [2.05, 4.69) is 6.92 Å². The zero-order chi connectivity index (χ0) is 23.5. The van der Waals surface area contributed by atoms with Gasteiger partial charge < -0.3 is 9.64 Å². The largest absolute Gasteiger partial charge is 0.376 e. The lowest BCUT2D eigenvalue weighted by atomic mass is 10.1. The quantitative estimate of drug-likeness (QED) is 0.343. The fourth-order valence-electron chi connectivity index (χ4n) is 4.35. The van der Waals surface area contributed by atoms with Crippen LogP contribution in [-0.2, 0) is 29.0 Å². The van der Waals surface area contributed by atoms with Gasteiger partial charge >= 0.3 is 0 Å². The number of thioether (sulfide) groups is 1. The van der Waals surface area contributed by atoms with Crippen LogP contribution in [0.5, 0.6) is 0 Å². The monoisotopic (exact) mass is 485 g/mol. The van der Waals surface area contributed by atoms with Crippen LogP contribution in [0.3, 0.4) is 0 Å². The molecule has 2 unspecified atom stereocenters. The molecule has 1 fully saturated rings. The van der Waals surface area contributed by atoms with E-state index in [1.165, 1.54) is 11.8 Å². The lowest BCUT2D eigenvalue weighted by Crippen LogP contribution is -2.34. The molecule has 0 saturated carbocycles. The van der Waals surface area contributed by atoms with Crippen molar-refractivity contribution in [3.8, 4) is 0 Å². The van der Waals surface area contributed by atoms with E-state index in [1.807, 2.05) is 51.2 Å². The summed E-state index contributed by atoms with van der Waals surface area (Å²) in [4.78, 5) is 35.3. The Labute approximate surface area is 203 Å². The lowest BCUT2D eigenvalue weighted by Gasteiger charge is -2.22. The first kappa shape index (κ1) is 24.0. The summed E-state index contributed by atoms with van der Waals surface area (Å²) in [7, 11) is 1.82. The van der Waals surface area contributed by atoms with E-state index in [9.17, 15) is 9.59 Å². The normalized spacial score (nSPS) is 16.9. The topological polar surface area (TPSA) is 64.4 Å². The molecule has 1 saturated heterocycles. The molecule has 1 aliphatic heterocycles. The fourth-order valence-corrected chi connectivity index (χ4v) is 6.54. The van der Waals surface area contributed by atoms with E-state index in [-0.39, 0.29) is 22.8 Å². The van der Waals surface area contributed by atoms with Crippen molar-refractivity contribution in [3.05, 3.63) is 56.7 Å². The third-order valence-electron chi connectivity index (χ3n) is 6.11. The Hall–Kier alpha value is -2.16. The summed E-state index contributed by atoms with van der Waals surface area (Å²) < 4.78 is 7.57. The van der Waals surface area contributed by atoms with E-state index in [1.54, 1.807) is 20.8 Å². The van der Waals surface area contributed by atoms with Crippen LogP contribution in [0.25, 0.3) is 10.2 Å². The highest BCUT2D eigenvalue weighted by Crippen LogP contribution is 2.31. The number of nitrogens with zero attached hydrogens (tertiary/aromatic N) is 3. The van der Waals surface area contributed by atoms with Crippen LogP contribution in [0.4, 0.5) is 0 Å². The van der Waals surface area contributed by atoms with Crippen LogP contribution in [-0.4, -0.2) is 45.4 Å². The Bertz CT molecular complexity index is 1180. The maximum absolute atomic E-state index is 13.6. The highest BCUT2D eigenvalue weighted by atomic mass is 32.2. The molecule has 2 atom stereocenters. The van der Waals surface area contributed by atoms with Gasteiger partial charge in [0.25, 0.3) is 5.56 Å². The Balaban J connectivity index is 1.63. The molecule has 8 heteroatoms. The molecule has 0 bridgehead atoms. The molecule has 0 aliphatic carbocycles. The first-order valence-corrected chi connectivity index (χ1v) is 13.2. The van der Waals surface area contributed by atoms with Crippen molar-refractivity contribution in [1.29, 1.82) is 0 Å². The zero-order valence-electron chi connectivity index (χ0n) is 19.7. The maximum Gasteiger partial charge on any atom is 0.263 e. The number of fused-ring (bicyclic) bond motifs is 1. The Morgan fingerprint density at radius 2 is 2.12 bits per heavy atom. The molecular formula is C25H31N3O3S2. The smallest absolute Gasteiger partial charge is 0.263 e. The number of rotatable bonds is 8. The van der Waals surface area contributed by atoms with Gasteiger partial charge in [-0.3, -0.25) is 14.2 Å². The van der Waals surface area contributed by atoms with Gasteiger partial charge in [-0.1, -0.05) is 49.0 Å². The molecule has 6 nitrogen and oxygen atoms in total. The van der Waals surface area contributed by atoms with Crippen LogP contribution in [0.1, 0.15) is 42.7 Å². The van der Waals surface area contributed by atoms with Crippen molar-refractivity contribution in [2.45, 2.75) is 69.6 Å². The number of carbonyl (C=O) groups is 1. The number of ether oxygens (including phenoxy) is 1. The summed E-state index contributed by atoms with van der Waals surface area (Å²) in [6.07, 6.45) is 2.76. The molecule has 1 aromatic carbocycles. The number of thiophene rings is 1. The van der Waals surface area contributed by atoms with Gasteiger partial charge in [0.2, 0.25) is 5.91 Å². The summed E-state index contributed by atoms with van der Waals surface area (Å²) in [6.45, 7) is 7.76. The summed E-state index contributed by atoms with van der Waals surface area (Å²) in [5, 5.41) is 0.953. The predicted octanol–water partition coefficient (Wildman–Crippen LogP) is 4.65. The van der Waals surface area contributed by atoms with E-state index >= 15 is 0 Å². The summed E-state index contributed by atoms with van der Waals surface area (Å²) >= 11 is 2.93. The standard InChI is InChI=1S/C25H31N3O3S2/c1-5-20-16(2)32-22-21(20)24(30)28(15-19-12-9-13-31-19)25(26-22)33-17(3)23(29)27(4)14-18-10-7-6-8-11-18/h6-8,10-11,17,19H,5,9,12-15H2,1-4H3. The van der Waals surface area contributed by atoms with Gasteiger partial charge in [0, 0.05) is 25.1 Å². The maximum atomic E-state index is 13.6. The van der Waals surface area contributed by atoms with Crippen molar-refractivity contribution in [3.63, 3.8) is 0 Å². The first-order valence-electron chi connectivity index (χ1n) is 11.5.